The van der Waals surface area contributed by atoms with Gasteiger partial charge in [-0.3, -0.25) is 10.1 Å². The molecule has 2 unspecified atom stereocenters. The fourth-order valence-electron chi connectivity index (χ4n) is 0.305. The number of hydrogen-bond donors (Lipinski definition) is 2. The molecule has 0 aliphatic heterocycles. The van der Waals surface area contributed by atoms with Gasteiger partial charge in [0.05, 0.1) is 6.10 Å². The van der Waals surface area contributed by atoms with Crippen molar-refractivity contribution in [3.63, 3.8) is 0 Å². The van der Waals surface area contributed by atoms with Gasteiger partial charge in [-0.15, -0.1) is 0 Å². The highest BCUT2D eigenvalue weighted by Gasteiger charge is 2.16. The average Bonchev–Trinajstić information content (AvgIpc) is 1.63. The molecule has 0 rings (SSSR count). The van der Waals surface area contributed by atoms with Crippen LogP contribution in [-0.4, -0.2) is 33.9 Å². The maximum absolute atomic E-state index is 9.65. The molecule has 0 spiro atoms. The maximum atomic E-state index is 9.65. The molecule has 0 aromatic carbocycles. The molecule has 0 saturated carbocycles. The van der Waals surface area contributed by atoms with Crippen molar-refractivity contribution >= 4 is 0 Å². The third kappa shape index (κ3) is 3.87. The van der Waals surface area contributed by atoms with Crippen LogP contribution in [0.1, 0.15) is 6.92 Å². The first-order valence-corrected chi connectivity index (χ1v) is 2.52. The summed E-state index contributed by atoms with van der Waals surface area (Å²) in [5, 5.41) is 26.8. The van der Waals surface area contributed by atoms with E-state index in [0.29, 0.717) is 0 Å². The van der Waals surface area contributed by atoms with Crippen LogP contribution in [0.3, 0.4) is 0 Å². The lowest BCUT2D eigenvalue weighted by Gasteiger charge is -2.06. The van der Waals surface area contributed by atoms with E-state index in [1.165, 1.54) is 6.92 Å². The lowest BCUT2D eigenvalue weighted by atomic mass is 10.2. The summed E-state index contributed by atoms with van der Waals surface area (Å²) >= 11 is 0. The highest BCUT2D eigenvalue weighted by atomic mass is 16.6. The van der Waals surface area contributed by atoms with Gasteiger partial charge in [-0.2, -0.15) is 0 Å². The average molecular weight is 135 g/mol. The fourth-order valence-corrected chi connectivity index (χ4v) is 0.305. The van der Waals surface area contributed by atoms with Crippen LogP contribution < -0.4 is 0 Å². The molecule has 9 heavy (non-hydrogen) atoms. The largest absolute Gasteiger partial charge is 0.390 e. The van der Waals surface area contributed by atoms with Gasteiger partial charge in [-0.05, 0) is 6.92 Å². The predicted octanol–water partition coefficient (Wildman–Crippen LogP) is -0.995. The van der Waals surface area contributed by atoms with E-state index in [4.69, 9.17) is 10.2 Å². The molecule has 0 radical (unpaired) electrons. The van der Waals surface area contributed by atoms with Gasteiger partial charge < -0.3 is 10.2 Å². The minimum absolute atomic E-state index is 0.600. The Morgan fingerprint density at radius 3 is 2.22 bits per heavy atom. The molecule has 0 fully saturated rings. The first kappa shape index (κ1) is 8.32. The number of hydrogen-bond acceptors (Lipinski definition) is 4. The predicted molar refractivity (Wildman–Crippen MR) is 29.5 cm³/mol. The molecule has 0 aromatic rings. The summed E-state index contributed by atoms with van der Waals surface area (Å²) in [6, 6.07) is 0. The minimum atomic E-state index is -1.25. The monoisotopic (exact) mass is 135 g/mol. The Balaban J connectivity index is 3.50. The van der Waals surface area contributed by atoms with Crippen LogP contribution in [0, 0.1) is 10.1 Å². The summed E-state index contributed by atoms with van der Waals surface area (Å²) < 4.78 is 0. The summed E-state index contributed by atoms with van der Waals surface area (Å²) in [5.74, 6) is 0. The Kier molecular flexibility index (Phi) is 3.11. The Bertz CT molecular complexity index is 103. The van der Waals surface area contributed by atoms with Crippen LogP contribution in [0.25, 0.3) is 0 Å². The van der Waals surface area contributed by atoms with E-state index in [0.717, 1.165) is 0 Å². The quantitative estimate of drug-likeness (QED) is 0.384. The maximum Gasteiger partial charge on any atom is 0.231 e. The highest BCUT2D eigenvalue weighted by molar-refractivity contribution is 4.58. The standard InChI is InChI=1S/C4H9NO4/c1-3(6)4(7)2-5(8)9/h3-4,6-7H,2H2,1H3. The summed E-state index contributed by atoms with van der Waals surface area (Å²) in [5.41, 5.74) is 0. The van der Waals surface area contributed by atoms with Gasteiger partial charge in [0.25, 0.3) is 0 Å². The van der Waals surface area contributed by atoms with E-state index in [1.807, 2.05) is 0 Å². The van der Waals surface area contributed by atoms with Gasteiger partial charge in [-0.1, -0.05) is 0 Å². The van der Waals surface area contributed by atoms with Crippen LogP contribution in [0.2, 0.25) is 0 Å². The van der Waals surface area contributed by atoms with E-state index >= 15 is 0 Å². The molecule has 5 nitrogen and oxygen atoms in total. The fraction of sp³-hybridized carbons (Fsp3) is 1.00. The van der Waals surface area contributed by atoms with Gasteiger partial charge in [-0.25, -0.2) is 0 Å². The zero-order valence-corrected chi connectivity index (χ0v) is 5.02. The molecule has 0 bridgehead atoms. The zero-order chi connectivity index (χ0) is 7.44. The molecule has 0 heterocycles. The normalized spacial score (nSPS) is 16.8. The number of nitrogens with zero attached hydrogens (tertiary/aromatic N) is 1. The van der Waals surface area contributed by atoms with E-state index < -0.39 is 23.7 Å². The summed E-state index contributed by atoms with van der Waals surface area (Å²) in [7, 11) is 0. The number of rotatable bonds is 3. The highest BCUT2D eigenvalue weighted by Crippen LogP contribution is 1.90. The van der Waals surface area contributed by atoms with Crippen molar-refractivity contribution in [2.45, 2.75) is 19.1 Å². The summed E-state index contributed by atoms with van der Waals surface area (Å²) in [6.07, 6.45) is -2.28. The Morgan fingerprint density at radius 1 is 1.67 bits per heavy atom. The van der Waals surface area contributed by atoms with Crippen LogP contribution >= 0.6 is 0 Å². The first-order valence-electron chi connectivity index (χ1n) is 2.52. The molecule has 0 saturated heterocycles. The van der Waals surface area contributed by atoms with Crippen LogP contribution in [0.4, 0.5) is 0 Å². The molecule has 0 aliphatic rings. The van der Waals surface area contributed by atoms with Crippen molar-refractivity contribution in [1.82, 2.24) is 0 Å². The smallest absolute Gasteiger partial charge is 0.231 e. The molecule has 0 aliphatic carbocycles. The van der Waals surface area contributed by atoms with Crippen molar-refractivity contribution in [2.24, 2.45) is 0 Å². The van der Waals surface area contributed by atoms with E-state index in [-0.39, 0.29) is 0 Å². The SMILES string of the molecule is CC(O)C(O)C[N+](=O)[O-]. The van der Waals surface area contributed by atoms with Gasteiger partial charge >= 0.3 is 0 Å². The lowest BCUT2D eigenvalue weighted by molar-refractivity contribution is -0.492. The Morgan fingerprint density at radius 2 is 2.11 bits per heavy atom. The van der Waals surface area contributed by atoms with Crippen molar-refractivity contribution in [2.75, 3.05) is 6.54 Å². The molecule has 54 valence electrons. The lowest BCUT2D eigenvalue weighted by Crippen LogP contribution is -2.30. The molecule has 0 aromatic heterocycles. The van der Waals surface area contributed by atoms with Crippen LogP contribution in [0.15, 0.2) is 0 Å². The molecule has 2 atom stereocenters. The molecule has 2 N–H and O–H groups in total. The molecule has 5 heteroatoms. The molecular formula is C4H9NO4. The van der Waals surface area contributed by atoms with E-state index in [1.54, 1.807) is 0 Å². The third-order valence-corrected chi connectivity index (χ3v) is 0.893. The third-order valence-electron chi connectivity index (χ3n) is 0.893. The van der Waals surface area contributed by atoms with Crippen molar-refractivity contribution in [3.8, 4) is 0 Å². The van der Waals surface area contributed by atoms with Crippen molar-refractivity contribution in [1.29, 1.82) is 0 Å². The summed E-state index contributed by atoms with van der Waals surface area (Å²) in [4.78, 5) is 8.98. The van der Waals surface area contributed by atoms with Crippen molar-refractivity contribution < 1.29 is 15.1 Å². The second-order valence-corrected chi connectivity index (χ2v) is 1.82. The zero-order valence-electron chi connectivity index (χ0n) is 5.02. The summed E-state index contributed by atoms with van der Waals surface area (Å²) in [6.45, 7) is 0.700. The van der Waals surface area contributed by atoms with Gasteiger partial charge in [0.15, 0.2) is 0 Å². The molecular weight excluding hydrogens is 126 g/mol. The minimum Gasteiger partial charge on any atom is -0.390 e. The van der Waals surface area contributed by atoms with Crippen LogP contribution in [0.5, 0.6) is 0 Å². The Labute approximate surface area is 52.1 Å². The van der Waals surface area contributed by atoms with Gasteiger partial charge in [0, 0.05) is 4.92 Å². The topological polar surface area (TPSA) is 83.6 Å². The van der Waals surface area contributed by atoms with Crippen LogP contribution in [-0.2, 0) is 0 Å². The first-order chi connectivity index (χ1) is 4.04. The number of aliphatic hydroxyl groups excluding tert-OH is 2. The number of nitro groups is 1. The second kappa shape index (κ2) is 3.37. The van der Waals surface area contributed by atoms with Gasteiger partial charge in [0.2, 0.25) is 6.54 Å². The van der Waals surface area contributed by atoms with E-state index in [2.05, 4.69) is 0 Å². The van der Waals surface area contributed by atoms with E-state index in [9.17, 15) is 10.1 Å². The molecule has 0 amide bonds. The second-order valence-electron chi connectivity index (χ2n) is 1.82. The Hall–Kier alpha value is -0.680. The number of aliphatic hydroxyl groups is 2. The van der Waals surface area contributed by atoms with Gasteiger partial charge in [0.1, 0.15) is 6.10 Å². The van der Waals surface area contributed by atoms with Crippen molar-refractivity contribution in [3.05, 3.63) is 10.1 Å².